The molecule has 1 atom stereocenters. The fraction of sp³-hybridized carbons (Fsp3) is 0.312. The molecular formula is C16H16N2O2. The average molecular weight is 268 g/mol. The van der Waals surface area contributed by atoms with E-state index >= 15 is 0 Å². The number of benzene rings is 1. The zero-order valence-electron chi connectivity index (χ0n) is 11.8. The van der Waals surface area contributed by atoms with E-state index in [-0.39, 0.29) is 17.6 Å². The highest BCUT2D eigenvalue weighted by atomic mass is 16.5. The number of aromatic nitrogens is 1. The lowest BCUT2D eigenvalue weighted by atomic mass is 9.87. The van der Waals surface area contributed by atoms with Gasteiger partial charge in [0.1, 0.15) is 11.8 Å². The summed E-state index contributed by atoms with van der Waals surface area (Å²) in [5, 5.41) is 10.2. The molecule has 0 saturated heterocycles. The molecule has 4 nitrogen and oxygen atoms in total. The Morgan fingerprint density at radius 1 is 1.35 bits per heavy atom. The van der Waals surface area contributed by atoms with Crippen molar-refractivity contribution in [2.45, 2.75) is 19.8 Å². The molecule has 0 bridgehead atoms. The molecule has 0 radical (unpaired) electrons. The summed E-state index contributed by atoms with van der Waals surface area (Å²) in [6, 6.07) is 11.5. The average Bonchev–Trinajstić information content (AvgIpc) is 2.46. The molecule has 0 spiro atoms. The van der Waals surface area contributed by atoms with Crippen LogP contribution in [0, 0.1) is 17.2 Å². The maximum atomic E-state index is 12.0. The van der Waals surface area contributed by atoms with Crippen molar-refractivity contribution >= 4 is 16.9 Å². The van der Waals surface area contributed by atoms with E-state index < -0.39 is 5.92 Å². The lowest BCUT2D eigenvalue weighted by molar-refractivity contribution is -0.143. The Labute approximate surface area is 118 Å². The lowest BCUT2D eigenvalue weighted by Gasteiger charge is -2.19. The highest BCUT2D eigenvalue weighted by Crippen LogP contribution is 2.30. The van der Waals surface area contributed by atoms with E-state index in [1.807, 2.05) is 44.2 Å². The number of nitriles is 1. The predicted octanol–water partition coefficient (Wildman–Crippen LogP) is 3.02. The maximum absolute atomic E-state index is 12.0. The van der Waals surface area contributed by atoms with Gasteiger partial charge >= 0.3 is 5.97 Å². The van der Waals surface area contributed by atoms with Crippen molar-refractivity contribution < 1.29 is 9.53 Å². The van der Waals surface area contributed by atoms with Crippen LogP contribution in [0.1, 0.15) is 31.0 Å². The summed E-state index contributed by atoms with van der Waals surface area (Å²) in [6.45, 7) is 3.86. The van der Waals surface area contributed by atoms with Crippen LogP contribution in [0.5, 0.6) is 0 Å². The van der Waals surface area contributed by atoms with Gasteiger partial charge in [0.2, 0.25) is 0 Å². The monoisotopic (exact) mass is 268 g/mol. The Morgan fingerprint density at radius 3 is 2.65 bits per heavy atom. The zero-order chi connectivity index (χ0) is 14.7. The van der Waals surface area contributed by atoms with Crippen molar-refractivity contribution in [3.63, 3.8) is 0 Å². The topological polar surface area (TPSA) is 63.0 Å². The van der Waals surface area contributed by atoms with E-state index in [9.17, 15) is 10.1 Å². The van der Waals surface area contributed by atoms with Crippen LogP contribution in [-0.2, 0) is 9.53 Å². The number of methoxy groups -OCH3 is 1. The molecule has 1 aromatic carbocycles. The van der Waals surface area contributed by atoms with E-state index in [0.29, 0.717) is 5.56 Å². The van der Waals surface area contributed by atoms with Crippen LogP contribution in [0.25, 0.3) is 10.9 Å². The van der Waals surface area contributed by atoms with Crippen LogP contribution >= 0.6 is 0 Å². The molecule has 0 aliphatic carbocycles. The van der Waals surface area contributed by atoms with Gasteiger partial charge in [-0.3, -0.25) is 4.79 Å². The van der Waals surface area contributed by atoms with Gasteiger partial charge in [-0.05, 0) is 18.1 Å². The first kappa shape index (κ1) is 14.0. The Bertz CT molecular complexity index is 686. The normalized spacial score (nSPS) is 12.2. The molecule has 1 aromatic heterocycles. The number of carbonyl (C=O) groups is 1. The van der Waals surface area contributed by atoms with E-state index in [2.05, 4.69) is 11.1 Å². The number of hydrogen-bond acceptors (Lipinski definition) is 4. The van der Waals surface area contributed by atoms with Gasteiger partial charge in [-0.2, -0.15) is 5.26 Å². The van der Waals surface area contributed by atoms with Gasteiger partial charge in [0.05, 0.1) is 18.5 Å². The van der Waals surface area contributed by atoms with Crippen LogP contribution < -0.4 is 0 Å². The first-order valence-electron chi connectivity index (χ1n) is 6.46. The summed E-state index contributed by atoms with van der Waals surface area (Å²) in [4.78, 5) is 16.3. The summed E-state index contributed by atoms with van der Waals surface area (Å²) in [5.74, 6) is -0.794. The van der Waals surface area contributed by atoms with E-state index in [1.54, 1.807) is 0 Å². The highest BCUT2D eigenvalue weighted by molar-refractivity contribution is 5.84. The number of ether oxygens (including phenoxy) is 1. The lowest BCUT2D eigenvalue weighted by Crippen LogP contribution is -2.21. The van der Waals surface area contributed by atoms with Crippen molar-refractivity contribution in [2.75, 3.05) is 7.11 Å². The smallest absolute Gasteiger partial charge is 0.313 e. The minimum absolute atomic E-state index is 0.0255. The molecule has 0 aliphatic heterocycles. The number of nitrogens with zero attached hydrogens (tertiary/aromatic N) is 2. The first-order valence-corrected chi connectivity index (χ1v) is 6.46. The number of esters is 1. The van der Waals surface area contributed by atoms with Gasteiger partial charge in [-0.25, -0.2) is 4.98 Å². The van der Waals surface area contributed by atoms with Gasteiger partial charge in [0.15, 0.2) is 0 Å². The van der Waals surface area contributed by atoms with Gasteiger partial charge in [-0.15, -0.1) is 0 Å². The Balaban J connectivity index is 2.67. The Hall–Kier alpha value is -2.41. The molecular weight excluding hydrogens is 252 g/mol. The summed E-state index contributed by atoms with van der Waals surface area (Å²) >= 11 is 0. The molecule has 1 unspecified atom stereocenters. The molecule has 102 valence electrons. The van der Waals surface area contributed by atoms with Crippen molar-refractivity contribution in [1.82, 2.24) is 4.98 Å². The quantitative estimate of drug-likeness (QED) is 0.803. The van der Waals surface area contributed by atoms with Crippen LogP contribution in [0.3, 0.4) is 0 Å². The van der Waals surface area contributed by atoms with Crippen LogP contribution in [0.4, 0.5) is 0 Å². The Kier molecular flexibility index (Phi) is 3.99. The number of carbonyl (C=O) groups excluding carboxylic acids is 1. The van der Waals surface area contributed by atoms with Gasteiger partial charge < -0.3 is 4.74 Å². The third-order valence-corrected chi connectivity index (χ3v) is 3.32. The molecule has 20 heavy (non-hydrogen) atoms. The molecule has 0 amide bonds. The molecule has 0 N–H and O–H groups in total. The molecule has 0 fully saturated rings. The van der Waals surface area contributed by atoms with Gasteiger partial charge in [0.25, 0.3) is 0 Å². The van der Waals surface area contributed by atoms with E-state index in [4.69, 9.17) is 4.74 Å². The summed E-state index contributed by atoms with van der Waals surface area (Å²) in [6.07, 6.45) is 0. The number of fused-ring (bicyclic) bond motifs is 1. The van der Waals surface area contributed by atoms with Crippen molar-refractivity contribution in [3.8, 4) is 6.07 Å². The Morgan fingerprint density at radius 2 is 2.05 bits per heavy atom. The van der Waals surface area contributed by atoms with Gasteiger partial charge in [-0.1, -0.05) is 32.0 Å². The molecule has 0 aliphatic rings. The standard InChI is InChI=1S/C16H16N2O2/c1-10(2)15(16(19)20-3)12-8-11-6-4-5-7-13(11)18-14(12)9-17/h4-8,10,15H,1-3H3. The molecule has 4 heteroatoms. The minimum Gasteiger partial charge on any atom is -0.469 e. The second-order valence-corrected chi connectivity index (χ2v) is 4.98. The number of hydrogen-bond donors (Lipinski definition) is 0. The van der Waals surface area contributed by atoms with Crippen molar-refractivity contribution in [2.24, 2.45) is 5.92 Å². The molecule has 1 heterocycles. The molecule has 2 aromatic rings. The minimum atomic E-state index is -0.480. The third kappa shape index (κ3) is 2.48. The predicted molar refractivity (Wildman–Crippen MR) is 76.1 cm³/mol. The second kappa shape index (κ2) is 5.70. The maximum Gasteiger partial charge on any atom is 0.313 e. The highest BCUT2D eigenvalue weighted by Gasteiger charge is 2.28. The molecule has 0 saturated carbocycles. The second-order valence-electron chi connectivity index (χ2n) is 4.98. The van der Waals surface area contributed by atoms with Crippen LogP contribution in [0.15, 0.2) is 30.3 Å². The van der Waals surface area contributed by atoms with E-state index in [0.717, 1.165) is 10.9 Å². The largest absolute Gasteiger partial charge is 0.469 e. The number of pyridine rings is 1. The van der Waals surface area contributed by atoms with Crippen molar-refractivity contribution in [3.05, 3.63) is 41.6 Å². The van der Waals surface area contributed by atoms with E-state index in [1.165, 1.54) is 7.11 Å². The van der Waals surface area contributed by atoms with Crippen LogP contribution in [0.2, 0.25) is 0 Å². The zero-order valence-corrected chi connectivity index (χ0v) is 11.8. The number of rotatable bonds is 3. The van der Waals surface area contributed by atoms with Crippen LogP contribution in [-0.4, -0.2) is 18.1 Å². The van der Waals surface area contributed by atoms with Gasteiger partial charge in [0, 0.05) is 10.9 Å². The first-order chi connectivity index (χ1) is 9.58. The SMILES string of the molecule is COC(=O)C(c1cc2ccccc2nc1C#N)C(C)C. The fourth-order valence-corrected chi connectivity index (χ4v) is 2.34. The summed E-state index contributed by atoms with van der Waals surface area (Å²) in [5.41, 5.74) is 1.67. The summed E-state index contributed by atoms with van der Waals surface area (Å²) < 4.78 is 4.86. The summed E-state index contributed by atoms with van der Waals surface area (Å²) in [7, 11) is 1.36. The van der Waals surface area contributed by atoms with Crippen molar-refractivity contribution in [1.29, 1.82) is 5.26 Å². The third-order valence-electron chi connectivity index (χ3n) is 3.32. The number of para-hydroxylation sites is 1. The fourth-order valence-electron chi connectivity index (χ4n) is 2.34. The molecule has 2 rings (SSSR count).